The Bertz CT molecular complexity index is 959. The van der Waals surface area contributed by atoms with E-state index in [4.69, 9.17) is 4.42 Å². The fraction of sp³-hybridized carbons (Fsp3) is 0.318. The maximum atomic E-state index is 12.7. The predicted molar refractivity (Wildman–Crippen MR) is 116 cm³/mol. The van der Waals surface area contributed by atoms with Gasteiger partial charge in [0.25, 0.3) is 0 Å². The number of H-pyrrole nitrogens is 1. The summed E-state index contributed by atoms with van der Waals surface area (Å²) in [5, 5.41) is 7.61. The van der Waals surface area contributed by atoms with Crippen LogP contribution in [-0.4, -0.2) is 38.3 Å². The van der Waals surface area contributed by atoms with Crippen LogP contribution >= 0.6 is 11.8 Å². The number of hydrogen-bond acceptors (Lipinski definition) is 5. The smallest absolute Gasteiger partial charge is 0.233 e. The molecule has 0 saturated heterocycles. The number of nitrogens with one attached hydrogen (secondary N) is 1. The monoisotopic (exact) mass is 410 g/mol. The van der Waals surface area contributed by atoms with Crippen molar-refractivity contribution in [1.82, 2.24) is 20.1 Å². The third-order valence-corrected chi connectivity index (χ3v) is 5.15. The Hall–Kier alpha value is -2.80. The Morgan fingerprint density at radius 1 is 1.17 bits per heavy atom. The van der Waals surface area contributed by atoms with Crippen LogP contribution in [0.3, 0.4) is 0 Å². The van der Waals surface area contributed by atoms with Gasteiger partial charge in [0.15, 0.2) is 0 Å². The summed E-state index contributed by atoms with van der Waals surface area (Å²) in [4.78, 5) is 19.0. The number of amides is 1. The molecular weight excluding hydrogens is 384 g/mol. The van der Waals surface area contributed by atoms with Crippen molar-refractivity contribution in [1.29, 1.82) is 0 Å². The van der Waals surface area contributed by atoms with Crippen LogP contribution in [0.5, 0.6) is 0 Å². The molecule has 3 aromatic rings. The van der Waals surface area contributed by atoms with Crippen LogP contribution in [0.25, 0.3) is 12.2 Å². The third-order valence-electron chi connectivity index (χ3n) is 4.31. The van der Waals surface area contributed by atoms with Crippen molar-refractivity contribution in [2.75, 3.05) is 12.3 Å². The Morgan fingerprint density at radius 2 is 1.97 bits per heavy atom. The van der Waals surface area contributed by atoms with Crippen molar-refractivity contribution in [3.63, 3.8) is 0 Å². The van der Waals surface area contributed by atoms with E-state index in [0.29, 0.717) is 23.3 Å². The Morgan fingerprint density at radius 3 is 2.66 bits per heavy atom. The predicted octanol–water partition coefficient (Wildman–Crippen LogP) is 4.72. The lowest BCUT2D eigenvalue weighted by Crippen LogP contribution is -2.32. The number of hydrogen-bond donors (Lipinski definition) is 1. The van der Waals surface area contributed by atoms with Gasteiger partial charge in [-0.15, -0.1) is 5.10 Å². The molecule has 0 spiro atoms. The highest BCUT2D eigenvalue weighted by Gasteiger charge is 2.15. The Labute approximate surface area is 175 Å². The van der Waals surface area contributed by atoms with Crippen LogP contribution in [0.4, 0.5) is 0 Å². The SMILES string of the molecule is CCCN(Cc1ccc(C)cc1)C(=O)CSc1n[nH]c(/C=C/c2ccc(C)o2)n1. The van der Waals surface area contributed by atoms with Gasteiger partial charge in [0.1, 0.15) is 17.3 Å². The number of aromatic nitrogens is 3. The standard InChI is InChI=1S/C22H26N4O2S/c1-4-13-26(14-18-8-5-16(2)6-9-18)21(27)15-29-22-23-20(24-25-22)12-11-19-10-7-17(3)28-19/h5-12H,4,13-15H2,1-3H3,(H,23,24,25)/b12-11+. The maximum Gasteiger partial charge on any atom is 0.233 e. The number of carbonyl (C=O) groups is 1. The second kappa shape index (κ2) is 10.1. The van der Waals surface area contributed by atoms with Gasteiger partial charge in [0.2, 0.25) is 11.1 Å². The molecule has 0 bridgehead atoms. The van der Waals surface area contributed by atoms with E-state index in [0.717, 1.165) is 30.0 Å². The minimum atomic E-state index is 0.0883. The first-order valence-electron chi connectivity index (χ1n) is 9.66. The number of aromatic amines is 1. The first kappa shape index (κ1) is 20.9. The molecule has 0 aliphatic heterocycles. The second-order valence-corrected chi connectivity index (χ2v) is 7.82. The van der Waals surface area contributed by atoms with Crippen molar-refractivity contribution in [3.05, 3.63) is 64.9 Å². The highest BCUT2D eigenvalue weighted by atomic mass is 32.2. The summed E-state index contributed by atoms with van der Waals surface area (Å²) < 4.78 is 5.49. The van der Waals surface area contributed by atoms with Gasteiger partial charge in [-0.25, -0.2) is 4.98 Å². The van der Waals surface area contributed by atoms with Crippen molar-refractivity contribution in [2.24, 2.45) is 0 Å². The van der Waals surface area contributed by atoms with Gasteiger partial charge in [0.05, 0.1) is 5.75 Å². The van der Waals surface area contributed by atoms with E-state index in [1.165, 1.54) is 17.3 Å². The van der Waals surface area contributed by atoms with E-state index >= 15 is 0 Å². The van der Waals surface area contributed by atoms with E-state index in [1.807, 2.05) is 30.0 Å². The number of benzene rings is 1. The molecule has 29 heavy (non-hydrogen) atoms. The highest BCUT2D eigenvalue weighted by Crippen LogP contribution is 2.16. The fourth-order valence-corrected chi connectivity index (χ4v) is 3.50. The van der Waals surface area contributed by atoms with Gasteiger partial charge in [-0.2, -0.15) is 0 Å². The summed E-state index contributed by atoms with van der Waals surface area (Å²) in [7, 11) is 0. The molecular formula is C22H26N4O2S. The highest BCUT2D eigenvalue weighted by molar-refractivity contribution is 7.99. The molecule has 6 nitrogen and oxygen atoms in total. The van der Waals surface area contributed by atoms with Crippen LogP contribution in [-0.2, 0) is 11.3 Å². The number of nitrogens with zero attached hydrogens (tertiary/aromatic N) is 3. The number of aryl methyl sites for hydroxylation is 2. The van der Waals surface area contributed by atoms with E-state index in [-0.39, 0.29) is 5.91 Å². The molecule has 0 atom stereocenters. The molecule has 0 saturated carbocycles. The molecule has 7 heteroatoms. The zero-order valence-electron chi connectivity index (χ0n) is 17.0. The van der Waals surface area contributed by atoms with Crippen molar-refractivity contribution >= 4 is 29.8 Å². The van der Waals surface area contributed by atoms with Crippen LogP contribution in [0.15, 0.2) is 46.0 Å². The van der Waals surface area contributed by atoms with E-state index < -0.39 is 0 Å². The lowest BCUT2D eigenvalue weighted by atomic mass is 10.1. The average Bonchev–Trinajstić information content (AvgIpc) is 3.34. The van der Waals surface area contributed by atoms with Gasteiger partial charge in [-0.05, 0) is 50.1 Å². The second-order valence-electron chi connectivity index (χ2n) is 6.87. The van der Waals surface area contributed by atoms with Crippen molar-refractivity contribution < 1.29 is 9.21 Å². The fourth-order valence-electron chi connectivity index (χ4n) is 2.79. The number of thioether (sulfide) groups is 1. The van der Waals surface area contributed by atoms with Crippen molar-refractivity contribution in [2.45, 2.75) is 38.9 Å². The first-order chi connectivity index (χ1) is 14.0. The van der Waals surface area contributed by atoms with Crippen LogP contribution in [0.1, 0.15) is 41.8 Å². The zero-order valence-corrected chi connectivity index (χ0v) is 17.8. The van der Waals surface area contributed by atoms with Gasteiger partial charge >= 0.3 is 0 Å². The Kier molecular flexibility index (Phi) is 7.30. The lowest BCUT2D eigenvalue weighted by Gasteiger charge is -2.22. The van der Waals surface area contributed by atoms with E-state index in [2.05, 4.69) is 53.3 Å². The lowest BCUT2D eigenvalue weighted by molar-refractivity contribution is -0.129. The summed E-state index contributed by atoms with van der Waals surface area (Å²) in [6.45, 7) is 7.40. The molecule has 2 aromatic heterocycles. The molecule has 1 amide bonds. The van der Waals surface area contributed by atoms with E-state index in [1.54, 1.807) is 6.08 Å². The maximum absolute atomic E-state index is 12.7. The topological polar surface area (TPSA) is 75.0 Å². The van der Waals surface area contributed by atoms with Gasteiger partial charge in [-0.1, -0.05) is 48.5 Å². The summed E-state index contributed by atoms with van der Waals surface area (Å²) in [6, 6.07) is 12.1. The zero-order chi connectivity index (χ0) is 20.6. The largest absolute Gasteiger partial charge is 0.462 e. The molecule has 0 aliphatic carbocycles. The Balaban J connectivity index is 1.54. The molecule has 1 N–H and O–H groups in total. The molecule has 152 valence electrons. The molecule has 1 aromatic carbocycles. The van der Waals surface area contributed by atoms with Crippen LogP contribution in [0, 0.1) is 13.8 Å². The normalized spacial score (nSPS) is 11.3. The average molecular weight is 411 g/mol. The number of furan rings is 1. The van der Waals surface area contributed by atoms with Crippen molar-refractivity contribution in [3.8, 4) is 0 Å². The summed E-state index contributed by atoms with van der Waals surface area (Å²) in [6.07, 6.45) is 4.56. The summed E-state index contributed by atoms with van der Waals surface area (Å²) in [5.74, 6) is 2.64. The summed E-state index contributed by atoms with van der Waals surface area (Å²) >= 11 is 1.34. The minimum Gasteiger partial charge on any atom is -0.462 e. The number of rotatable bonds is 9. The van der Waals surface area contributed by atoms with E-state index in [9.17, 15) is 4.79 Å². The molecule has 0 unspecified atom stereocenters. The van der Waals surface area contributed by atoms with Crippen LogP contribution in [0.2, 0.25) is 0 Å². The third kappa shape index (κ3) is 6.35. The summed E-state index contributed by atoms with van der Waals surface area (Å²) in [5.41, 5.74) is 2.36. The van der Waals surface area contributed by atoms with Crippen LogP contribution < -0.4 is 0 Å². The first-order valence-corrected chi connectivity index (χ1v) is 10.6. The molecule has 3 rings (SSSR count). The molecule has 0 aliphatic rings. The van der Waals surface area contributed by atoms with Gasteiger partial charge < -0.3 is 9.32 Å². The minimum absolute atomic E-state index is 0.0883. The molecule has 0 radical (unpaired) electrons. The van der Waals surface area contributed by atoms with Gasteiger partial charge in [-0.3, -0.25) is 9.89 Å². The van der Waals surface area contributed by atoms with Gasteiger partial charge in [0, 0.05) is 13.1 Å². The molecule has 2 heterocycles. The number of carbonyl (C=O) groups excluding carboxylic acids is 1. The quantitative estimate of drug-likeness (QED) is 0.517. The molecule has 0 fully saturated rings.